The van der Waals surface area contributed by atoms with Crippen molar-refractivity contribution in [1.82, 2.24) is 14.9 Å². The number of nitrogens with one attached hydrogen (secondary N) is 1. The van der Waals surface area contributed by atoms with Gasteiger partial charge < -0.3 is 16.0 Å². The van der Waals surface area contributed by atoms with Crippen LogP contribution < -0.4 is 11.1 Å². The molecule has 0 radical (unpaired) electrons. The van der Waals surface area contributed by atoms with E-state index in [-0.39, 0.29) is 29.8 Å². The Morgan fingerprint density at radius 1 is 1.26 bits per heavy atom. The van der Waals surface area contributed by atoms with Crippen LogP contribution in [-0.2, 0) is 11.3 Å². The van der Waals surface area contributed by atoms with Crippen molar-refractivity contribution in [3.05, 3.63) is 53.6 Å². The van der Waals surface area contributed by atoms with Crippen molar-refractivity contribution in [3.8, 4) is 0 Å². The summed E-state index contributed by atoms with van der Waals surface area (Å²) in [6.07, 6.45) is 3.11. The van der Waals surface area contributed by atoms with Gasteiger partial charge in [0, 0.05) is 12.2 Å². The summed E-state index contributed by atoms with van der Waals surface area (Å²) in [6.45, 7) is 4.17. The summed E-state index contributed by atoms with van der Waals surface area (Å²) in [7, 11) is 0. The smallest absolute Gasteiger partial charge is 0.275 e. The number of rotatable bonds is 4. The third-order valence-electron chi connectivity index (χ3n) is 4.79. The van der Waals surface area contributed by atoms with E-state index in [0.29, 0.717) is 5.69 Å². The molecule has 2 atom stereocenters. The lowest BCUT2D eigenvalue weighted by Crippen LogP contribution is -2.49. The predicted molar refractivity (Wildman–Crippen MR) is 98.7 cm³/mol. The highest BCUT2D eigenvalue weighted by molar-refractivity contribution is 6.02. The SMILES string of the molecule is CCC(C)C1C(=O)Nc2ccccc2CN1C(=O)c1cnc(C(N)=O)cn1. The van der Waals surface area contributed by atoms with Crippen molar-refractivity contribution in [2.24, 2.45) is 11.7 Å². The van der Waals surface area contributed by atoms with Crippen molar-refractivity contribution in [1.29, 1.82) is 0 Å². The Balaban J connectivity index is 2.00. The van der Waals surface area contributed by atoms with Crippen LogP contribution >= 0.6 is 0 Å². The van der Waals surface area contributed by atoms with Gasteiger partial charge in [-0.1, -0.05) is 38.5 Å². The minimum atomic E-state index is -0.720. The predicted octanol–water partition coefficient (Wildman–Crippen LogP) is 1.58. The second-order valence-electron chi connectivity index (χ2n) is 6.56. The molecule has 0 fully saturated rings. The summed E-state index contributed by atoms with van der Waals surface area (Å²) in [5.41, 5.74) is 6.73. The maximum atomic E-state index is 13.1. The molecule has 3 N–H and O–H groups in total. The highest BCUT2D eigenvalue weighted by atomic mass is 16.2. The highest BCUT2D eigenvalue weighted by Crippen LogP contribution is 2.28. The molecular formula is C19H21N5O3. The first-order valence-corrected chi connectivity index (χ1v) is 8.74. The maximum Gasteiger partial charge on any atom is 0.275 e. The Morgan fingerprint density at radius 2 is 1.93 bits per heavy atom. The zero-order valence-corrected chi connectivity index (χ0v) is 15.2. The average molecular weight is 367 g/mol. The first kappa shape index (κ1) is 18.5. The molecule has 2 aromatic rings. The summed E-state index contributed by atoms with van der Waals surface area (Å²) in [5.74, 6) is -1.43. The number of carbonyl (C=O) groups is 3. The van der Waals surface area contributed by atoms with E-state index >= 15 is 0 Å². The third-order valence-corrected chi connectivity index (χ3v) is 4.79. The van der Waals surface area contributed by atoms with Crippen LogP contribution in [0.1, 0.15) is 46.8 Å². The molecule has 0 aliphatic carbocycles. The fourth-order valence-electron chi connectivity index (χ4n) is 3.11. The van der Waals surface area contributed by atoms with Gasteiger partial charge in [-0.3, -0.25) is 14.4 Å². The maximum absolute atomic E-state index is 13.1. The van der Waals surface area contributed by atoms with Crippen LogP contribution in [0.25, 0.3) is 0 Å². The normalized spacial score (nSPS) is 17.5. The molecule has 8 nitrogen and oxygen atoms in total. The highest BCUT2D eigenvalue weighted by Gasteiger charge is 2.37. The number of nitrogens with zero attached hydrogens (tertiary/aromatic N) is 3. The molecule has 2 unspecified atom stereocenters. The number of para-hydroxylation sites is 1. The summed E-state index contributed by atoms with van der Waals surface area (Å²) >= 11 is 0. The van der Waals surface area contributed by atoms with E-state index in [0.717, 1.165) is 12.0 Å². The van der Waals surface area contributed by atoms with Crippen LogP contribution in [0.15, 0.2) is 36.7 Å². The van der Waals surface area contributed by atoms with Crippen LogP contribution in [0.2, 0.25) is 0 Å². The molecule has 0 saturated carbocycles. The monoisotopic (exact) mass is 367 g/mol. The van der Waals surface area contributed by atoms with Gasteiger partial charge in [0.05, 0.1) is 12.4 Å². The lowest BCUT2D eigenvalue weighted by Gasteiger charge is -2.32. The Bertz CT molecular complexity index is 881. The largest absolute Gasteiger partial charge is 0.364 e. The van der Waals surface area contributed by atoms with Crippen LogP contribution in [0.3, 0.4) is 0 Å². The zero-order valence-electron chi connectivity index (χ0n) is 15.2. The molecular weight excluding hydrogens is 346 g/mol. The number of fused-ring (bicyclic) bond motifs is 1. The molecule has 3 amide bonds. The first-order valence-electron chi connectivity index (χ1n) is 8.74. The zero-order chi connectivity index (χ0) is 19.6. The van der Waals surface area contributed by atoms with Crippen LogP contribution in [0.5, 0.6) is 0 Å². The molecule has 0 spiro atoms. The van der Waals surface area contributed by atoms with Crippen LogP contribution in [-0.4, -0.2) is 38.6 Å². The second kappa shape index (κ2) is 7.53. The Labute approximate surface area is 156 Å². The molecule has 0 saturated heterocycles. The molecule has 140 valence electrons. The Kier molecular flexibility index (Phi) is 5.16. The van der Waals surface area contributed by atoms with Crippen molar-refractivity contribution >= 4 is 23.4 Å². The van der Waals surface area contributed by atoms with E-state index in [1.54, 1.807) is 0 Å². The van der Waals surface area contributed by atoms with Crippen LogP contribution in [0, 0.1) is 5.92 Å². The number of carbonyl (C=O) groups excluding carboxylic acids is 3. The Morgan fingerprint density at radius 3 is 2.56 bits per heavy atom. The lowest BCUT2D eigenvalue weighted by atomic mass is 9.96. The molecule has 2 heterocycles. The van der Waals surface area contributed by atoms with Crippen molar-refractivity contribution in [2.75, 3.05) is 5.32 Å². The number of primary amides is 1. The van der Waals surface area contributed by atoms with Gasteiger partial charge >= 0.3 is 0 Å². The van der Waals surface area contributed by atoms with E-state index in [1.807, 2.05) is 38.1 Å². The number of hydrogen-bond acceptors (Lipinski definition) is 5. The van der Waals surface area contributed by atoms with Gasteiger partial charge in [-0.15, -0.1) is 0 Å². The second-order valence-corrected chi connectivity index (χ2v) is 6.56. The molecule has 1 aliphatic heterocycles. The number of anilines is 1. The standard InChI is InChI=1S/C19H21N5O3/c1-3-11(2)16-18(26)23-13-7-5-4-6-12(13)10-24(16)19(27)15-9-21-14(8-22-15)17(20)25/h4-9,11,16H,3,10H2,1-2H3,(H2,20,25)(H,23,26). The molecule has 1 aliphatic rings. The van der Waals surface area contributed by atoms with E-state index in [2.05, 4.69) is 15.3 Å². The molecule has 27 heavy (non-hydrogen) atoms. The van der Waals surface area contributed by atoms with Gasteiger partial charge in [-0.25, -0.2) is 9.97 Å². The van der Waals surface area contributed by atoms with Crippen LogP contribution in [0.4, 0.5) is 5.69 Å². The number of amides is 3. The average Bonchev–Trinajstić information content (AvgIpc) is 2.82. The van der Waals surface area contributed by atoms with Gasteiger partial charge in [0.25, 0.3) is 11.8 Å². The van der Waals surface area contributed by atoms with Gasteiger partial charge in [-0.05, 0) is 17.5 Å². The Hall–Kier alpha value is -3.29. The fraction of sp³-hybridized carbons (Fsp3) is 0.316. The number of hydrogen-bond donors (Lipinski definition) is 2. The van der Waals surface area contributed by atoms with E-state index in [9.17, 15) is 14.4 Å². The van der Waals surface area contributed by atoms with Crippen molar-refractivity contribution in [3.63, 3.8) is 0 Å². The topological polar surface area (TPSA) is 118 Å². The lowest BCUT2D eigenvalue weighted by molar-refractivity contribution is -0.122. The minimum Gasteiger partial charge on any atom is -0.364 e. The number of benzene rings is 1. The van der Waals surface area contributed by atoms with Crippen molar-refractivity contribution < 1.29 is 14.4 Å². The van der Waals surface area contributed by atoms with E-state index in [1.165, 1.54) is 17.3 Å². The van der Waals surface area contributed by atoms with E-state index < -0.39 is 17.9 Å². The third kappa shape index (κ3) is 3.64. The fourth-order valence-corrected chi connectivity index (χ4v) is 3.11. The molecule has 0 bridgehead atoms. The van der Waals surface area contributed by atoms with Gasteiger partial charge in [0.2, 0.25) is 5.91 Å². The minimum absolute atomic E-state index is 0.0241. The molecule has 8 heteroatoms. The number of nitrogens with two attached hydrogens (primary N) is 1. The van der Waals surface area contributed by atoms with Gasteiger partial charge in [-0.2, -0.15) is 0 Å². The van der Waals surface area contributed by atoms with Gasteiger partial charge in [0.15, 0.2) is 0 Å². The van der Waals surface area contributed by atoms with E-state index in [4.69, 9.17) is 5.73 Å². The summed E-state index contributed by atoms with van der Waals surface area (Å²) < 4.78 is 0. The number of aromatic nitrogens is 2. The molecule has 3 rings (SSSR count). The first-order chi connectivity index (χ1) is 12.9. The van der Waals surface area contributed by atoms with Crippen molar-refractivity contribution in [2.45, 2.75) is 32.9 Å². The summed E-state index contributed by atoms with van der Waals surface area (Å²) in [4.78, 5) is 46.6. The molecule has 1 aromatic carbocycles. The van der Waals surface area contributed by atoms with Gasteiger partial charge in [0.1, 0.15) is 17.4 Å². The molecule has 1 aromatic heterocycles. The summed E-state index contributed by atoms with van der Waals surface area (Å²) in [6, 6.07) is 6.74. The quantitative estimate of drug-likeness (QED) is 0.850. The summed E-state index contributed by atoms with van der Waals surface area (Å²) in [5, 5.41) is 2.92.